The Labute approximate surface area is 152 Å². The predicted molar refractivity (Wildman–Crippen MR) is 100 cm³/mol. The van der Waals surface area contributed by atoms with Gasteiger partial charge in [-0.1, -0.05) is 72.5 Å². The number of ketones is 1. The molecule has 0 aliphatic heterocycles. The molecule has 0 N–H and O–H groups in total. The molecule has 0 amide bonds. The molecule has 0 radical (unpaired) electrons. The van der Waals surface area contributed by atoms with Gasteiger partial charge in [0, 0.05) is 17.0 Å². The molecule has 2 atom stereocenters. The van der Waals surface area contributed by atoms with Crippen LogP contribution in [0, 0.1) is 23.6 Å². The number of carbonyl (C=O) groups excluding carboxylic acids is 1. The molecule has 4 rings (SSSR count). The Balaban J connectivity index is 1.72. The van der Waals surface area contributed by atoms with Crippen molar-refractivity contribution in [3.05, 3.63) is 107 Å². The van der Waals surface area contributed by atoms with Crippen LogP contribution in [0.1, 0.15) is 27.9 Å². The second kappa shape index (κ2) is 6.61. The number of carbonyl (C=O) groups is 1. The molecule has 1 fully saturated rings. The molecule has 0 aromatic heterocycles. The van der Waals surface area contributed by atoms with Crippen LogP contribution >= 0.6 is 0 Å². The molecule has 0 unspecified atom stereocenters. The van der Waals surface area contributed by atoms with E-state index in [-0.39, 0.29) is 17.5 Å². The third kappa shape index (κ3) is 3.05. The molecule has 3 aromatic rings. The molecule has 0 spiro atoms. The maximum atomic E-state index is 13.4. The summed E-state index contributed by atoms with van der Waals surface area (Å²) >= 11 is 0. The van der Waals surface area contributed by atoms with Gasteiger partial charge in [-0.05, 0) is 36.2 Å². The van der Waals surface area contributed by atoms with E-state index in [9.17, 15) is 9.18 Å². The Morgan fingerprint density at radius 3 is 2.15 bits per heavy atom. The van der Waals surface area contributed by atoms with Crippen LogP contribution in [0.2, 0.25) is 0 Å². The van der Waals surface area contributed by atoms with E-state index in [0.29, 0.717) is 12.0 Å². The fourth-order valence-corrected chi connectivity index (χ4v) is 3.36. The summed E-state index contributed by atoms with van der Waals surface area (Å²) < 4.78 is 13.4. The van der Waals surface area contributed by atoms with Gasteiger partial charge in [0.2, 0.25) is 0 Å². The third-order valence-electron chi connectivity index (χ3n) is 4.90. The van der Waals surface area contributed by atoms with Gasteiger partial charge in [-0.2, -0.15) is 0 Å². The van der Waals surface area contributed by atoms with Crippen molar-refractivity contribution in [1.29, 1.82) is 0 Å². The maximum Gasteiger partial charge on any atom is 0.167 e. The Morgan fingerprint density at radius 1 is 0.885 bits per heavy atom. The second-order valence-corrected chi connectivity index (χ2v) is 6.58. The summed E-state index contributed by atoms with van der Waals surface area (Å²) in [7, 11) is 0. The summed E-state index contributed by atoms with van der Waals surface area (Å²) in [6.45, 7) is 0. The van der Waals surface area contributed by atoms with Crippen molar-refractivity contribution < 1.29 is 9.18 Å². The molecule has 0 bridgehead atoms. The largest absolute Gasteiger partial charge is 0.294 e. The summed E-state index contributed by atoms with van der Waals surface area (Å²) in [5.41, 5.74) is 1.96. The van der Waals surface area contributed by atoms with Crippen LogP contribution in [0.3, 0.4) is 0 Å². The van der Waals surface area contributed by atoms with Crippen molar-refractivity contribution >= 4 is 5.78 Å². The Morgan fingerprint density at radius 2 is 1.50 bits per heavy atom. The number of hydrogen-bond donors (Lipinski definition) is 0. The molecule has 0 heterocycles. The smallest absolute Gasteiger partial charge is 0.167 e. The lowest BCUT2D eigenvalue weighted by Gasteiger charge is -2.11. The van der Waals surface area contributed by atoms with E-state index in [1.54, 1.807) is 12.1 Å². The molecule has 2 heteroatoms. The summed E-state index contributed by atoms with van der Waals surface area (Å²) in [6.07, 6.45) is 0.659. The lowest BCUT2D eigenvalue weighted by molar-refractivity contribution is 0.0961. The van der Waals surface area contributed by atoms with Gasteiger partial charge in [-0.25, -0.2) is 4.39 Å². The van der Waals surface area contributed by atoms with Crippen molar-refractivity contribution in [3.8, 4) is 11.8 Å². The minimum Gasteiger partial charge on any atom is -0.294 e. The van der Waals surface area contributed by atoms with E-state index in [4.69, 9.17) is 0 Å². The minimum atomic E-state index is -0.545. The van der Waals surface area contributed by atoms with Crippen molar-refractivity contribution in [2.45, 2.75) is 11.8 Å². The highest BCUT2D eigenvalue weighted by molar-refractivity contribution is 6.01. The quantitative estimate of drug-likeness (QED) is 0.483. The van der Waals surface area contributed by atoms with Gasteiger partial charge in [0.25, 0.3) is 0 Å². The zero-order valence-electron chi connectivity index (χ0n) is 14.2. The van der Waals surface area contributed by atoms with Crippen molar-refractivity contribution in [1.82, 2.24) is 0 Å². The molecule has 0 saturated heterocycles. The zero-order valence-corrected chi connectivity index (χ0v) is 14.2. The predicted octanol–water partition coefficient (Wildman–Crippen LogP) is 5.02. The summed E-state index contributed by atoms with van der Waals surface area (Å²) in [5.74, 6) is 6.14. The highest BCUT2D eigenvalue weighted by atomic mass is 19.1. The van der Waals surface area contributed by atoms with Gasteiger partial charge >= 0.3 is 0 Å². The van der Waals surface area contributed by atoms with Gasteiger partial charge in [0.15, 0.2) is 5.78 Å². The number of halogens is 1. The molecular formula is C24H17FO. The fourth-order valence-electron chi connectivity index (χ4n) is 3.36. The summed E-state index contributed by atoms with van der Waals surface area (Å²) in [4.78, 5) is 12.9. The van der Waals surface area contributed by atoms with Crippen molar-refractivity contribution in [2.75, 3.05) is 0 Å². The van der Waals surface area contributed by atoms with Crippen LogP contribution in [0.4, 0.5) is 4.39 Å². The zero-order chi connectivity index (χ0) is 18.0. The Bertz CT molecular complexity index is 981. The molecular weight excluding hydrogens is 323 g/mol. The third-order valence-corrected chi connectivity index (χ3v) is 4.90. The number of rotatable bonds is 3. The first-order chi connectivity index (χ1) is 12.7. The first-order valence-electron chi connectivity index (χ1n) is 8.62. The highest BCUT2D eigenvalue weighted by Crippen LogP contribution is 2.55. The van der Waals surface area contributed by atoms with Crippen LogP contribution in [0.25, 0.3) is 0 Å². The second-order valence-electron chi connectivity index (χ2n) is 6.58. The molecule has 1 aliphatic rings. The van der Waals surface area contributed by atoms with E-state index in [2.05, 4.69) is 11.8 Å². The number of Topliss-reactive ketones (excluding diaryl/α,β-unsaturated/α-hetero) is 1. The average molecular weight is 340 g/mol. The molecule has 1 nitrogen and oxygen atoms in total. The topological polar surface area (TPSA) is 17.1 Å². The molecule has 1 saturated carbocycles. The fraction of sp³-hybridized carbons (Fsp3) is 0.125. The first-order valence-corrected chi connectivity index (χ1v) is 8.62. The van der Waals surface area contributed by atoms with Crippen LogP contribution in [0.15, 0.2) is 84.9 Å². The summed E-state index contributed by atoms with van der Waals surface area (Å²) in [6, 6.07) is 25.4. The van der Waals surface area contributed by atoms with E-state index in [1.165, 1.54) is 12.1 Å². The average Bonchev–Trinajstić information content (AvgIpc) is 3.44. The Kier molecular flexibility index (Phi) is 4.14. The van der Waals surface area contributed by atoms with Crippen LogP contribution in [0.5, 0.6) is 0 Å². The van der Waals surface area contributed by atoms with E-state index in [1.807, 2.05) is 60.7 Å². The van der Waals surface area contributed by atoms with Gasteiger partial charge in [-0.3, -0.25) is 4.79 Å². The van der Waals surface area contributed by atoms with Gasteiger partial charge in [-0.15, -0.1) is 0 Å². The van der Waals surface area contributed by atoms with Crippen molar-refractivity contribution in [2.24, 2.45) is 5.92 Å². The van der Waals surface area contributed by atoms with Crippen molar-refractivity contribution in [3.63, 3.8) is 0 Å². The number of hydrogen-bond acceptors (Lipinski definition) is 1. The lowest BCUT2D eigenvalue weighted by Crippen LogP contribution is -2.14. The monoisotopic (exact) mass is 340 g/mol. The number of benzene rings is 3. The molecule has 126 valence electrons. The van der Waals surface area contributed by atoms with E-state index < -0.39 is 5.41 Å². The van der Waals surface area contributed by atoms with Crippen LogP contribution in [-0.4, -0.2) is 5.78 Å². The Hall–Kier alpha value is -3.18. The van der Waals surface area contributed by atoms with Crippen LogP contribution < -0.4 is 0 Å². The van der Waals surface area contributed by atoms with Gasteiger partial charge < -0.3 is 0 Å². The maximum absolute atomic E-state index is 13.4. The van der Waals surface area contributed by atoms with Gasteiger partial charge in [0.05, 0.1) is 5.41 Å². The summed E-state index contributed by atoms with van der Waals surface area (Å²) in [5, 5.41) is 0. The van der Waals surface area contributed by atoms with Crippen LogP contribution in [-0.2, 0) is 5.41 Å². The van der Waals surface area contributed by atoms with E-state index in [0.717, 1.165) is 11.1 Å². The highest BCUT2D eigenvalue weighted by Gasteiger charge is 2.58. The molecule has 26 heavy (non-hydrogen) atoms. The molecule has 1 aliphatic carbocycles. The SMILES string of the molecule is O=C(c1ccccc1)[C@H]1C[C@]1(C#Cc1ccccc1)c1ccc(F)cc1. The molecule has 3 aromatic carbocycles. The normalized spacial score (nSPS) is 20.7. The minimum absolute atomic E-state index is 0.0947. The lowest BCUT2D eigenvalue weighted by atomic mass is 9.90. The van der Waals surface area contributed by atoms with Gasteiger partial charge in [0.1, 0.15) is 5.82 Å². The standard InChI is InChI=1S/C24H17FO/c25-21-13-11-20(12-14-21)24(16-15-18-7-3-1-4-8-18)17-22(24)23(26)19-9-5-2-6-10-19/h1-14,22H,17H2/t22-,24-/m1/s1. The van der Waals surface area contributed by atoms with E-state index >= 15 is 0 Å². The first kappa shape index (κ1) is 16.3.